The number of rotatable bonds is 4. The lowest BCUT2D eigenvalue weighted by atomic mass is 9.95. The summed E-state index contributed by atoms with van der Waals surface area (Å²) in [5.41, 5.74) is 0.750. The molecule has 0 unspecified atom stereocenters. The van der Waals surface area contributed by atoms with Crippen molar-refractivity contribution < 1.29 is 13.9 Å². The van der Waals surface area contributed by atoms with E-state index in [1.54, 1.807) is 38.1 Å². The second kappa shape index (κ2) is 7.47. The summed E-state index contributed by atoms with van der Waals surface area (Å²) in [6.45, 7) is 4.93. The highest BCUT2D eigenvalue weighted by atomic mass is 35.5. The van der Waals surface area contributed by atoms with Gasteiger partial charge in [-0.05, 0) is 63.1 Å². The second-order valence-corrected chi connectivity index (χ2v) is 8.09. The van der Waals surface area contributed by atoms with Crippen LogP contribution in [-0.4, -0.2) is 34.5 Å². The number of carbonyl (C=O) groups is 1. The number of benzene rings is 2. The molecule has 28 heavy (non-hydrogen) atoms. The topological polar surface area (TPSA) is 55.6 Å². The summed E-state index contributed by atoms with van der Waals surface area (Å²) >= 11 is 5.91. The lowest BCUT2D eigenvalue weighted by molar-refractivity contribution is -0.146. The van der Waals surface area contributed by atoms with Gasteiger partial charge in [0.25, 0.3) is 5.91 Å². The number of hydrogen-bond acceptors (Lipinski definition) is 4. The summed E-state index contributed by atoms with van der Waals surface area (Å²) in [5, 5.41) is 0.637. The van der Waals surface area contributed by atoms with Crippen molar-refractivity contribution in [2.24, 2.45) is 0 Å². The fraction of sp³-hybridized carbons (Fsp3) is 0.364. The first-order valence-corrected chi connectivity index (χ1v) is 9.89. The number of nitrogens with zero attached hydrogens (tertiary/aromatic N) is 2. The molecule has 4 rings (SSSR count). The zero-order chi connectivity index (χ0) is 19.7. The maximum absolute atomic E-state index is 13.0. The van der Waals surface area contributed by atoms with E-state index in [9.17, 15) is 4.79 Å². The van der Waals surface area contributed by atoms with Gasteiger partial charge in [0, 0.05) is 24.0 Å². The maximum atomic E-state index is 13.0. The van der Waals surface area contributed by atoms with Gasteiger partial charge in [-0.15, -0.1) is 0 Å². The number of halogens is 1. The van der Waals surface area contributed by atoms with Gasteiger partial charge in [0.2, 0.25) is 0 Å². The third-order valence-electron chi connectivity index (χ3n) is 5.14. The van der Waals surface area contributed by atoms with Gasteiger partial charge in [-0.3, -0.25) is 4.79 Å². The van der Waals surface area contributed by atoms with E-state index in [4.69, 9.17) is 20.8 Å². The minimum Gasteiger partial charge on any atom is -0.478 e. The van der Waals surface area contributed by atoms with Crippen LogP contribution in [0.2, 0.25) is 5.02 Å². The third kappa shape index (κ3) is 3.85. The van der Waals surface area contributed by atoms with Gasteiger partial charge in [-0.2, -0.15) is 0 Å². The number of oxazole rings is 1. The van der Waals surface area contributed by atoms with Gasteiger partial charge in [-0.1, -0.05) is 23.7 Å². The number of fused-ring (bicyclic) bond motifs is 1. The first kappa shape index (κ1) is 18.8. The number of carbonyl (C=O) groups excluding carboxylic acids is 1. The number of para-hydroxylation sites is 2. The Labute approximate surface area is 169 Å². The minimum absolute atomic E-state index is 0.0153. The predicted molar refractivity (Wildman–Crippen MR) is 109 cm³/mol. The first-order chi connectivity index (χ1) is 13.4. The van der Waals surface area contributed by atoms with E-state index in [1.807, 2.05) is 29.2 Å². The molecule has 2 heterocycles. The number of likely N-dealkylation sites (tertiary alicyclic amines) is 1. The molecular weight excluding hydrogens is 376 g/mol. The van der Waals surface area contributed by atoms with Crippen LogP contribution in [0, 0.1) is 0 Å². The summed E-state index contributed by atoms with van der Waals surface area (Å²) in [6.07, 6.45) is 1.66. The molecular formula is C22H23ClN2O3. The molecule has 0 atom stereocenters. The van der Waals surface area contributed by atoms with Crippen LogP contribution in [0.3, 0.4) is 0 Å². The van der Waals surface area contributed by atoms with E-state index < -0.39 is 5.60 Å². The molecule has 0 saturated carbocycles. The fourth-order valence-corrected chi connectivity index (χ4v) is 3.74. The Hall–Kier alpha value is -2.53. The van der Waals surface area contributed by atoms with Crippen molar-refractivity contribution >= 4 is 28.6 Å². The van der Waals surface area contributed by atoms with Crippen LogP contribution in [0.5, 0.6) is 5.75 Å². The van der Waals surface area contributed by atoms with Crippen molar-refractivity contribution in [2.75, 3.05) is 13.1 Å². The summed E-state index contributed by atoms with van der Waals surface area (Å²) in [7, 11) is 0. The van der Waals surface area contributed by atoms with Crippen molar-refractivity contribution in [3.8, 4) is 5.75 Å². The Morgan fingerprint density at radius 2 is 1.82 bits per heavy atom. The lowest BCUT2D eigenvalue weighted by Crippen LogP contribution is -2.51. The van der Waals surface area contributed by atoms with Crippen LogP contribution >= 0.6 is 11.6 Å². The van der Waals surface area contributed by atoms with Gasteiger partial charge < -0.3 is 14.1 Å². The van der Waals surface area contributed by atoms with Crippen molar-refractivity contribution in [2.45, 2.75) is 38.2 Å². The van der Waals surface area contributed by atoms with Gasteiger partial charge in [0.1, 0.15) is 11.3 Å². The number of aromatic nitrogens is 1. The normalized spacial score (nSPS) is 15.8. The van der Waals surface area contributed by atoms with E-state index in [2.05, 4.69) is 4.98 Å². The van der Waals surface area contributed by atoms with E-state index >= 15 is 0 Å². The molecule has 1 fully saturated rings. The highest BCUT2D eigenvalue weighted by Crippen LogP contribution is 2.31. The van der Waals surface area contributed by atoms with E-state index in [0.29, 0.717) is 23.9 Å². The zero-order valence-corrected chi connectivity index (χ0v) is 16.8. The molecule has 146 valence electrons. The van der Waals surface area contributed by atoms with Gasteiger partial charge >= 0.3 is 0 Å². The molecule has 6 heteroatoms. The van der Waals surface area contributed by atoms with Crippen LogP contribution in [-0.2, 0) is 4.79 Å². The first-order valence-electron chi connectivity index (χ1n) is 9.52. The van der Waals surface area contributed by atoms with Crippen LogP contribution in [0.1, 0.15) is 38.5 Å². The monoisotopic (exact) mass is 398 g/mol. The molecule has 1 aliphatic rings. The lowest BCUT2D eigenvalue weighted by Gasteiger charge is -2.36. The predicted octanol–water partition coefficient (Wildman–Crippen LogP) is 5.04. The summed E-state index contributed by atoms with van der Waals surface area (Å²) < 4.78 is 11.9. The van der Waals surface area contributed by atoms with Crippen LogP contribution in [0.25, 0.3) is 11.1 Å². The summed E-state index contributed by atoms with van der Waals surface area (Å²) in [4.78, 5) is 19.5. The second-order valence-electron chi connectivity index (χ2n) is 7.65. The van der Waals surface area contributed by atoms with E-state index in [-0.39, 0.29) is 11.8 Å². The molecule has 0 radical (unpaired) electrons. The Kier molecular flexibility index (Phi) is 5.02. The van der Waals surface area contributed by atoms with Crippen molar-refractivity contribution in [1.29, 1.82) is 0 Å². The number of hydrogen-bond donors (Lipinski definition) is 0. The molecule has 0 bridgehead atoms. The van der Waals surface area contributed by atoms with Crippen LogP contribution in [0.15, 0.2) is 52.9 Å². The Bertz CT molecular complexity index is 940. The Balaban J connectivity index is 1.39. The number of amides is 1. The van der Waals surface area contributed by atoms with Gasteiger partial charge in [-0.25, -0.2) is 4.98 Å². The molecule has 5 nitrogen and oxygen atoms in total. The van der Waals surface area contributed by atoms with Crippen LogP contribution < -0.4 is 4.74 Å². The average molecular weight is 399 g/mol. The van der Waals surface area contributed by atoms with Gasteiger partial charge in [0.15, 0.2) is 17.1 Å². The largest absolute Gasteiger partial charge is 0.478 e. The Morgan fingerprint density at radius 1 is 1.14 bits per heavy atom. The highest BCUT2D eigenvalue weighted by molar-refractivity contribution is 6.30. The van der Waals surface area contributed by atoms with Crippen molar-refractivity contribution in [3.05, 3.63) is 59.4 Å². The summed E-state index contributed by atoms with van der Waals surface area (Å²) in [5.74, 6) is 1.62. The molecule has 0 aliphatic carbocycles. The molecule has 1 saturated heterocycles. The fourth-order valence-electron chi connectivity index (χ4n) is 3.62. The zero-order valence-electron chi connectivity index (χ0n) is 16.0. The molecule has 1 aliphatic heterocycles. The van der Waals surface area contributed by atoms with E-state index in [1.165, 1.54) is 0 Å². The minimum atomic E-state index is -0.946. The molecule has 0 N–H and O–H groups in total. The summed E-state index contributed by atoms with van der Waals surface area (Å²) in [6, 6.07) is 14.8. The highest BCUT2D eigenvalue weighted by Gasteiger charge is 2.37. The third-order valence-corrected chi connectivity index (χ3v) is 5.40. The van der Waals surface area contributed by atoms with Crippen molar-refractivity contribution in [3.63, 3.8) is 0 Å². The van der Waals surface area contributed by atoms with Crippen molar-refractivity contribution in [1.82, 2.24) is 9.88 Å². The SMILES string of the molecule is CC(C)(Oc1ccc(Cl)cc1)C(=O)N1CCC(c2nc3ccccc3o2)CC1. The average Bonchev–Trinajstić information content (AvgIpc) is 3.13. The number of piperidine rings is 1. The van der Waals surface area contributed by atoms with Gasteiger partial charge in [0.05, 0.1) is 0 Å². The molecule has 2 aromatic carbocycles. The smallest absolute Gasteiger partial charge is 0.266 e. The van der Waals surface area contributed by atoms with E-state index in [0.717, 1.165) is 29.8 Å². The molecule has 1 amide bonds. The molecule has 1 aromatic heterocycles. The standard InChI is InChI=1S/C22H23ClN2O3/c1-22(2,28-17-9-7-16(23)8-10-17)21(26)25-13-11-15(12-14-25)20-24-18-5-3-4-6-19(18)27-20/h3-10,15H,11-14H2,1-2H3. The Morgan fingerprint density at radius 3 is 2.50 bits per heavy atom. The molecule has 0 spiro atoms. The molecule has 3 aromatic rings. The number of ether oxygens (including phenoxy) is 1. The van der Waals surface area contributed by atoms with Crippen LogP contribution in [0.4, 0.5) is 0 Å². The quantitative estimate of drug-likeness (QED) is 0.617. The maximum Gasteiger partial charge on any atom is 0.266 e.